The van der Waals surface area contributed by atoms with Crippen molar-refractivity contribution < 1.29 is 9.78 Å². The van der Waals surface area contributed by atoms with Crippen molar-refractivity contribution in [2.24, 2.45) is 11.8 Å². The molecule has 0 spiro atoms. The van der Waals surface area contributed by atoms with Crippen LogP contribution in [0.15, 0.2) is 78.4 Å². The predicted molar refractivity (Wildman–Crippen MR) is 84.8 cm³/mol. The van der Waals surface area contributed by atoms with Gasteiger partial charge in [-0.15, -0.1) is 0 Å². The van der Waals surface area contributed by atoms with E-state index in [2.05, 4.69) is 72.8 Å². The highest BCUT2D eigenvalue weighted by atomic mass is 17.2. The first-order valence-electron chi connectivity index (χ1n) is 7.79. The zero-order valence-electron chi connectivity index (χ0n) is 12.1. The van der Waals surface area contributed by atoms with Crippen LogP contribution in [0, 0.1) is 11.8 Å². The summed E-state index contributed by atoms with van der Waals surface area (Å²) >= 11 is 0. The molecule has 108 valence electrons. The first-order chi connectivity index (χ1) is 10.9. The van der Waals surface area contributed by atoms with Crippen LogP contribution in [0.2, 0.25) is 0 Å². The lowest BCUT2D eigenvalue weighted by Gasteiger charge is -2.30. The largest absolute Gasteiger partial charge is 0.227 e. The molecule has 1 saturated heterocycles. The lowest BCUT2D eigenvalue weighted by Crippen LogP contribution is -2.32. The van der Waals surface area contributed by atoms with E-state index in [-0.39, 0.29) is 12.2 Å². The Morgan fingerprint density at radius 2 is 1.09 bits per heavy atom. The summed E-state index contributed by atoms with van der Waals surface area (Å²) < 4.78 is 0. The van der Waals surface area contributed by atoms with E-state index in [1.165, 1.54) is 22.3 Å². The van der Waals surface area contributed by atoms with Gasteiger partial charge in [0.1, 0.15) is 12.2 Å². The van der Waals surface area contributed by atoms with Crippen molar-refractivity contribution in [3.8, 4) is 0 Å². The van der Waals surface area contributed by atoms with E-state index in [9.17, 15) is 0 Å². The normalized spacial score (nSPS) is 31.0. The van der Waals surface area contributed by atoms with Crippen LogP contribution in [0.5, 0.6) is 0 Å². The van der Waals surface area contributed by atoms with Gasteiger partial charge in [-0.3, -0.25) is 0 Å². The maximum absolute atomic E-state index is 5.61. The SMILES string of the molecule is C1=C[C@H]2[C@@H]1[C@@H]1OO[C@H]2C1=C(c1ccccc1)c1ccccc1. The number of hydrogen-bond donors (Lipinski definition) is 0. The van der Waals surface area contributed by atoms with Gasteiger partial charge in [0.2, 0.25) is 0 Å². The third-order valence-electron chi connectivity index (χ3n) is 4.99. The fourth-order valence-corrected chi connectivity index (χ4v) is 3.90. The molecular formula is C20H16O2. The summed E-state index contributed by atoms with van der Waals surface area (Å²) in [7, 11) is 0. The first kappa shape index (κ1) is 12.4. The van der Waals surface area contributed by atoms with Crippen LogP contribution >= 0.6 is 0 Å². The fraction of sp³-hybridized carbons (Fsp3) is 0.200. The Bertz CT molecular complexity index is 697. The molecule has 0 radical (unpaired) electrons. The van der Waals surface area contributed by atoms with Gasteiger partial charge >= 0.3 is 0 Å². The van der Waals surface area contributed by atoms with Crippen LogP contribution in [-0.4, -0.2) is 12.2 Å². The topological polar surface area (TPSA) is 18.5 Å². The zero-order chi connectivity index (χ0) is 14.5. The van der Waals surface area contributed by atoms with Crippen molar-refractivity contribution in [3.63, 3.8) is 0 Å². The van der Waals surface area contributed by atoms with Crippen molar-refractivity contribution in [2.45, 2.75) is 12.2 Å². The summed E-state index contributed by atoms with van der Waals surface area (Å²) in [6, 6.07) is 21.1. The number of hydrogen-bond acceptors (Lipinski definition) is 2. The van der Waals surface area contributed by atoms with E-state index in [1.54, 1.807) is 0 Å². The lowest BCUT2D eigenvalue weighted by molar-refractivity contribution is -0.335. The van der Waals surface area contributed by atoms with Gasteiger partial charge in [0, 0.05) is 17.4 Å². The van der Waals surface area contributed by atoms with Crippen molar-refractivity contribution in [1.82, 2.24) is 0 Å². The van der Waals surface area contributed by atoms with Gasteiger partial charge in [-0.1, -0.05) is 72.8 Å². The van der Waals surface area contributed by atoms with Crippen LogP contribution in [0.4, 0.5) is 0 Å². The Hall–Kier alpha value is -2.16. The fourth-order valence-electron chi connectivity index (χ4n) is 3.90. The maximum atomic E-state index is 5.61. The summed E-state index contributed by atoms with van der Waals surface area (Å²) in [6.07, 6.45) is 4.64. The van der Waals surface area contributed by atoms with E-state index in [4.69, 9.17) is 9.78 Å². The van der Waals surface area contributed by atoms with Gasteiger partial charge in [-0.05, 0) is 16.7 Å². The predicted octanol–water partition coefficient (Wildman–Crippen LogP) is 4.00. The molecule has 1 heterocycles. The Morgan fingerprint density at radius 1 is 0.636 bits per heavy atom. The van der Waals surface area contributed by atoms with Crippen LogP contribution in [-0.2, 0) is 9.78 Å². The molecule has 0 aromatic heterocycles. The van der Waals surface area contributed by atoms with E-state index in [0.29, 0.717) is 11.8 Å². The summed E-state index contributed by atoms with van der Waals surface area (Å²) in [5.74, 6) is 0.965. The number of fused-ring (bicyclic) bond motifs is 5. The van der Waals surface area contributed by atoms with Gasteiger partial charge in [0.25, 0.3) is 0 Å². The molecule has 3 aliphatic rings. The summed E-state index contributed by atoms with van der Waals surface area (Å²) in [5, 5.41) is 0. The lowest BCUT2D eigenvalue weighted by atomic mass is 9.83. The highest BCUT2D eigenvalue weighted by Crippen LogP contribution is 2.54. The zero-order valence-corrected chi connectivity index (χ0v) is 12.1. The average molecular weight is 288 g/mol. The molecule has 0 unspecified atom stereocenters. The first-order valence-corrected chi connectivity index (χ1v) is 7.79. The third kappa shape index (κ3) is 1.62. The maximum Gasteiger partial charge on any atom is 0.124 e. The van der Waals surface area contributed by atoms with E-state index in [1.807, 2.05) is 0 Å². The molecule has 2 aliphatic carbocycles. The second-order valence-electron chi connectivity index (χ2n) is 6.14. The van der Waals surface area contributed by atoms with Gasteiger partial charge in [0.15, 0.2) is 0 Å². The third-order valence-corrected chi connectivity index (χ3v) is 4.99. The monoisotopic (exact) mass is 288 g/mol. The van der Waals surface area contributed by atoms with E-state index >= 15 is 0 Å². The van der Waals surface area contributed by atoms with E-state index < -0.39 is 0 Å². The number of benzene rings is 2. The summed E-state index contributed by atoms with van der Waals surface area (Å²) in [5.41, 5.74) is 5.03. The van der Waals surface area contributed by atoms with Crippen LogP contribution in [0.3, 0.4) is 0 Å². The molecule has 5 rings (SSSR count). The van der Waals surface area contributed by atoms with E-state index in [0.717, 1.165) is 0 Å². The molecule has 4 atom stereocenters. The quantitative estimate of drug-likeness (QED) is 0.614. The van der Waals surface area contributed by atoms with Crippen molar-refractivity contribution in [2.75, 3.05) is 0 Å². The Morgan fingerprint density at radius 3 is 1.50 bits per heavy atom. The molecule has 2 aromatic carbocycles. The molecule has 2 aromatic rings. The van der Waals surface area contributed by atoms with Gasteiger partial charge in [-0.2, -0.15) is 0 Å². The molecule has 2 nitrogen and oxygen atoms in total. The molecule has 1 saturated carbocycles. The molecule has 1 aliphatic heterocycles. The Balaban J connectivity index is 1.74. The van der Waals surface area contributed by atoms with Crippen LogP contribution in [0.25, 0.3) is 5.57 Å². The van der Waals surface area contributed by atoms with Crippen molar-refractivity contribution in [3.05, 3.63) is 89.5 Å². The van der Waals surface area contributed by atoms with Crippen LogP contribution < -0.4 is 0 Å². The number of rotatable bonds is 2. The minimum Gasteiger partial charge on any atom is -0.227 e. The molecule has 2 heteroatoms. The average Bonchev–Trinajstić information content (AvgIpc) is 3.00. The minimum absolute atomic E-state index is 0.0652. The van der Waals surface area contributed by atoms with Gasteiger partial charge in [-0.25, -0.2) is 9.78 Å². The van der Waals surface area contributed by atoms with Gasteiger partial charge < -0.3 is 0 Å². The van der Waals surface area contributed by atoms with Gasteiger partial charge in [0.05, 0.1) is 0 Å². The molecule has 0 amide bonds. The van der Waals surface area contributed by atoms with Crippen molar-refractivity contribution in [1.29, 1.82) is 0 Å². The molecular weight excluding hydrogens is 272 g/mol. The molecule has 22 heavy (non-hydrogen) atoms. The summed E-state index contributed by atoms with van der Waals surface area (Å²) in [4.78, 5) is 11.2. The molecule has 0 N–H and O–H groups in total. The molecule has 2 fully saturated rings. The Kier molecular flexibility index (Phi) is 2.63. The highest BCUT2D eigenvalue weighted by molar-refractivity contribution is 5.84. The minimum atomic E-state index is 0.0652. The standard InChI is InChI=1S/C20H16O2/c1-3-7-13(8-4-1)17(14-9-5-2-6-10-14)18-19-15-11-12-16(15)20(18)22-21-19/h1-12,15-16,19-20H/t15-,16+,19+,20-. The van der Waals surface area contributed by atoms with Crippen molar-refractivity contribution >= 4 is 5.57 Å². The second kappa shape index (κ2) is 4.67. The summed E-state index contributed by atoms with van der Waals surface area (Å²) in [6.45, 7) is 0. The highest BCUT2D eigenvalue weighted by Gasteiger charge is 2.57. The smallest absolute Gasteiger partial charge is 0.124 e. The van der Waals surface area contributed by atoms with Crippen LogP contribution in [0.1, 0.15) is 11.1 Å². The Labute approximate surface area is 129 Å². The second-order valence-corrected chi connectivity index (χ2v) is 6.14. The molecule has 2 bridgehead atoms.